The summed E-state index contributed by atoms with van der Waals surface area (Å²) < 4.78 is 47.4. The van der Waals surface area contributed by atoms with Crippen molar-refractivity contribution in [2.75, 3.05) is 7.11 Å². The van der Waals surface area contributed by atoms with Crippen molar-refractivity contribution in [1.29, 1.82) is 0 Å². The molecule has 3 aromatic carbocycles. The van der Waals surface area contributed by atoms with E-state index in [0.29, 0.717) is 28.4 Å². The third-order valence-electron chi connectivity index (χ3n) is 4.68. The molecule has 0 saturated heterocycles. The van der Waals surface area contributed by atoms with Crippen molar-refractivity contribution in [3.63, 3.8) is 0 Å². The molecule has 7 heteroatoms. The number of alkyl halides is 3. The number of halogens is 4. The Hall–Kier alpha value is -2.99. The van der Waals surface area contributed by atoms with Gasteiger partial charge in [-0.3, -0.25) is 4.68 Å². The average Bonchev–Trinajstić information content (AvgIpc) is 3.06. The first-order valence-electron chi connectivity index (χ1n) is 8.82. The lowest BCUT2D eigenvalue weighted by atomic mass is 10.0. The van der Waals surface area contributed by atoms with Crippen LogP contribution in [0.25, 0.3) is 22.2 Å². The Bertz CT molecular complexity index is 1150. The normalized spacial score (nSPS) is 11.8. The maximum atomic E-state index is 13.5. The van der Waals surface area contributed by atoms with Gasteiger partial charge in [0.05, 0.1) is 24.9 Å². The molecule has 0 fully saturated rings. The number of nitrogens with zero attached hydrogens (tertiary/aromatic N) is 2. The molecule has 0 aliphatic rings. The quantitative estimate of drug-likeness (QED) is 0.383. The molecule has 0 saturated carbocycles. The summed E-state index contributed by atoms with van der Waals surface area (Å²) in [6, 6.07) is 18.4. The number of hydrogen-bond acceptors (Lipinski definition) is 2. The highest BCUT2D eigenvalue weighted by atomic mass is 35.5. The molecule has 29 heavy (non-hydrogen) atoms. The van der Waals surface area contributed by atoms with E-state index in [4.69, 9.17) is 16.3 Å². The Kier molecular flexibility index (Phi) is 4.96. The number of aromatic nitrogens is 2. The molecule has 0 amide bonds. The molecule has 1 aromatic heterocycles. The van der Waals surface area contributed by atoms with Crippen LogP contribution >= 0.6 is 11.6 Å². The largest absolute Gasteiger partial charge is 0.497 e. The highest BCUT2D eigenvalue weighted by molar-refractivity contribution is 6.30. The smallest absolute Gasteiger partial charge is 0.418 e. The van der Waals surface area contributed by atoms with Gasteiger partial charge in [0.2, 0.25) is 0 Å². The Morgan fingerprint density at radius 3 is 2.28 bits per heavy atom. The summed E-state index contributed by atoms with van der Waals surface area (Å²) in [4.78, 5) is 0. The van der Waals surface area contributed by atoms with Crippen molar-refractivity contribution in [1.82, 2.24) is 9.78 Å². The lowest BCUT2D eigenvalue weighted by Gasteiger charge is -2.09. The Balaban J connectivity index is 1.91. The molecule has 148 valence electrons. The van der Waals surface area contributed by atoms with Crippen molar-refractivity contribution in [2.24, 2.45) is 0 Å². The molecule has 0 N–H and O–H groups in total. The molecule has 0 aliphatic carbocycles. The van der Waals surface area contributed by atoms with Crippen molar-refractivity contribution in [3.8, 4) is 17.0 Å². The van der Waals surface area contributed by atoms with Crippen LogP contribution in [0, 0.1) is 0 Å². The van der Waals surface area contributed by atoms with E-state index in [-0.39, 0.29) is 5.52 Å². The number of methoxy groups -OCH3 is 1. The van der Waals surface area contributed by atoms with E-state index in [1.165, 1.54) is 6.07 Å². The molecular formula is C22H16ClF3N2O. The number of ether oxygens (including phenoxy) is 1. The summed E-state index contributed by atoms with van der Waals surface area (Å²) in [5.74, 6) is 0.705. The summed E-state index contributed by atoms with van der Waals surface area (Å²) in [6.45, 7) is 0.313. The highest BCUT2D eigenvalue weighted by Crippen LogP contribution is 2.38. The summed E-state index contributed by atoms with van der Waals surface area (Å²) in [7, 11) is 1.58. The van der Waals surface area contributed by atoms with Crippen LogP contribution in [0.15, 0.2) is 66.7 Å². The van der Waals surface area contributed by atoms with E-state index in [9.17, 15) is 13.2 Å². The molecule has 1 heterocycles. The van der Waals surface area contributed by atoms with Gasteiger partial charge in [0.1, 0.15) is 11.3 Å². The molecule has 4 rings (SSSR count). The summed E-state index contributed by atoms with van der Waals surface area (Å²) >= 11 is 5.99. The SMILES string of the molecule is COc1ccc(Cn2nc3c(C(F)(F)F)cccc3c2-c2ccc(Cl)cc2)cc1. The van der Waals surface area contributed by atoms with Crippen LogP contribution in [-0.2, 0) is 12.7 Å². The van der Waals surface area contributed by atoms with Gasteiger partial charge in [-0.1, -0.05) is 48.0 Å². The number of hydrogen-bond donors (Lipinski definition) is 0. The van der Waals surface area contributed by atoms with Crippen LogP contribution in [0.5, 0.6) is 5.75 Å². The molecule has 0 bridgehead atoms. The van der Waals surface area contributed by atoms with Crippen molar-refractivity contribution >= 4 is 22.5 Å². The van der Waals surface area contributed by atoms with Crippen LogP contribution in [0.2, 0.25) is 5.02 Å². The fourth-order valence-electron chi connectivity index (χ4n) is 3.31. The second-order valence-corrected chi connectivity index (χ2v) is 7.00. The second-order valence-electron chi connectivity index (χ2n) is 6.56. The van der Waals surface area contributed by atoms with Gasteiger partial charge in [-0.05, 0) is 35.9 Å². The van der Waals surface area contributed by atoms with E-state index >= 15 is 0 Å². The van der Waals surface area contributed by atoms with Gasteiger partial charge >= 0.3 is 6.18 Å². The third-order valence-corrected chi connectivity index (χ3v) is 4.94. The molecule has 0 spiro atoms. The van der Waals surface area contributed by atoms with Crippen molar-refractivity contribution in [2.45, 2.75) is 12.7 Å². The number of rotatable bonds is 4. The predicted molar refractivity (Wildman–Crippen MR) is 107 cm³/mol. The van der Waals surface area contributed by atoms with Gasteiger partial charge in [-0.25, -0.2) is 0 Å². The predicted octanol–water partition coefficient (Wildman–Crippen LogP) is 6.43. The Morgan fingerprint density at radius 1 is 0.966 bits per heavy atom. The second kappa shape index (κ2) is 7.44. The van der Waals surface area contributed by atoms with Gasteiger partial charge in [-0.15, -0.1) is 0 Å². The Labute approximate surface area is 170 Å². The molecular weight excluding hydrogens is 401 g/mol. The van der Waals surface area contributed by atoms with Gasteiger partial charge < -0.3 is 4.74 Å². The van der Waals surface area contributed by atoms with E-state index in [1.54, 1.807) is 42.1 Å². The van der Waals surface area contributed by atoms with Crippen molar-refractivity contribution < 1.29 is 17.9 Å². The first-order valence-corrected chi connectivity index (χ1v) is 9.20. The summed E-state index contributed by atoms with van der Waals surface area (Å²) in [5, 5.41) is 5.34. The molecule has 0 unspecified atom stereocenters. The topological polar surface area (TPSA) is 27.1 Å². The van der Waals surface area contributed by atoms with Crippen LogP contribution < -0.4 is 4.74 Å². The Morgan fingerprint density at radius 2 is 1.66 bits per heavy atom. The molecule has 0 atom stereocenters. The van der Waals surface area contributed by atoms with Gasteiger partial charge in [0, 0.05) is 16.0 Å². The standard InChI is InChI=1S/C22H16ClF3N2O/c1-29-17-11-5-14(6-12-17)13-28-21(15-7-9-16(23)10-8-15)18-3-2-4-19(20(18)27-28)22(24,25)26/h2-12H,13H2,1H3. The zero-order valence-electron chi connectivity index (χ0n) is 15.4. The van der Waals surface area contributed by atoms with Gasteiger partial charge in [0.15, 0.2) is 0 Å². The number of fused-ring (bicyclic) bond motifs is 1. The van der Waals surface area contributed by atoms with Crippen LogP contribution in [0.1, 0.15) is 11.1 Å². The maximum Gasteiger partial charge on any atom is 0.418 e. The summed E-state index contributed by atoms with van der Waals surface area (Å²) in [6.07, 6.45) is -4.49. The monoisotopic (exact) mass is 416 g/mol. The van der Waals surface area contributed by atoms with E-state index in [0.717, 1.165) is 17.2 Å². The van der Waals surface area contributed by atoms with Crippen molar-refractivity contribution in [3.05, 3.63) is 82.9 Å². The highest BCUT2D eigenvalue weighted by Gasteiger charge is 2.34. The van der Waals surface area contributed by atoms with Gasteiger partial charge in [0.25, 0.3) is 0 Å². The van der Waals surface area contributed by atoms with Crippen LogP contribution in [0.3, 0.4) is 0 Å². The summed E-state index contributed by atoms with van der Waals surface area (Å²) in [5.41, 5.74) is 1.42. The lowest BCUT2D eigenvalue weighted by Crippen LogP contribution is -2.06. The average molecular weight is 417 g/mol. The minimum absolute atomic E-state index is 0.0709. The molecule has 0 aliphatic heterocycles. The first-order chi connectivity index (χ1) is 13.9. The van der Waals surface area contributed by atoms with Crippen LogP contribution in [0.4, 0.5) is 13.2 Å². The van der Waals surface area contributed by atoms with Crippen LogP contribution in [-0.4, -0.2) is 16.9 Å². The van der Waals surface area contributed by atoms with Gasteiger partial charge in [-0.2, -0.15) is 18.3 Å². The number of benzene rings is 3. The van der Waals surface area contributed by atoms with E-state index in [2.05, 4.69) is 5.10 Å². The lowest BCUT2D eigenvalue weighted by molar-refractivity contribution is -0.136. The fraction of sp³-hybridized carbons (Fsp3) is 0.136. The molecule has 4 aromatic rings. The zero-order chi connectivity index (χ0) is 20.6. The van der Waals surface area contributed by atoms with E-state index in [1.807, 2.05) is 24.3 Å². The minimum atomic E-state index is -4.49. The zero-order valence-corrected chi connectivity index (χ0v) is 16.1. The maximum absolute atomic E-state index is 13.5. The van der Waals surface area contributed by atoms with E-state index < -0.39 is 11.7 Å². The first kappa shape index (κ1) is 19.3. The molecule has 3 nitrogen and oxygen atoms in total. The fourth-order valence-corrected chi connectivity index (χ4v) is 3.44. The third kappa shape index (κ3) is 3.80. The molecule has 0 radical (unpaired) electrons. The minimum Gasteiger partial charge on any atom is -0.497 e.